The Morgan fingerprint density at radius 1 is 1.08 bits per heavy atom. The third-order valence-corrected chi connectivity index (χ3v) is 3.46. The van der Waals surface area contributed by atoms with Gasteiger partial charge in [0.1, 0.15) is 11.6 Å². The van der Waals surface area contributed by atoms with Gasteiger partial charge in [0.15, 0.2) is 0 Å². The highest BCUT2D eigenvalue weighted by atomic mass is 19.1. The number of nitrogens with one attached hydrogen (secondary N) is 1. The molecule has 24 heavy (non-hydrogen) atoms. The number of rotatable bonds is 6. The van der Waals surface area contributed by atoms with Crippen molar-refractivity contribution < 1.29 is 23.5 Å². The summed E-state index contributed by atoms with van der Waals surface area (Å²) in [6, 6.07) is 11.2. The van der Waals surface area contributed by atoms with Gasteiger partial charge >= 0.3 is 5.97 Å². The Balaban J connectivity index is 1.95. The minimum absolute atomic E-state index is 0.217. The Morgan fingerprint density at radius 2 is 1.79 bits per heavy atom. The first kappa shape index (κ1) is 17.5. The van der Waals surface area contributed by atoms with Crippen LogP contribution >= 0.6 is 0 Å². The van der Waals surface area contributed by atoms with Gasteiger partial charge < -0.3 is 14.8 Å². The van der Waals surface area contributed by atoms with E-state index in [0.717, 1.165) is 17.4 Å². The summed E-state index contributed by atoms with van der Waals surface area (Å²) >= 11 is 0. The van der Waals surface area contributed by atoms with Gasteiger partial charge in [-0.25, -0.2) is 9.18 Å². The van der Waals surface area contributed by atoms with Crippen molar-refractivity contribution in [3.8, 4) is 5.75 Å². The largest absolute Gasteiger partial charge is 0.497 e. The van der Waals surface area contributed by atoms with Crippen LogP contribution in [0.5, 0.6) is 5.75 Å². The normalized spacial score (nSPS) is 10.1. The predicted octanol–water partition coefficient (Wildman–Crippen LogP) is 3.19. The molecule has 0 heterocycles. The van der Waals surface area contributed by atoms with Crippen LogP contribution in [0, 0.1) is 5.82 Å². The Morgan fingerprint density at radius 3 is 2.42 bits per heavy atom. The highest BCUT2D eigenvalue weighted by molar-refractivity contribution is 5.94. The van der Waals surface area contributed by atoms with Crippen molar-refractivity contribution in [3.63, 3.8) is 0 Å². The fourth-order valence-corrected chi connectivity index (χ4v) is 2.14. The molecule has 0 aliphatic carbocycles. The van der Waals surface area contributed by atoms with Crippen LogP contribution in [0.4, 0.5) is 10.1 Å². The van der Waals surface area contributed by atoms with Gasteiger partial charge in [-0.1, -0.05) is 12.1 Å². The highest BCUT2D eigenvalue weighted by Gasteiger charge is 2.13. The number of hydrogen-bond acceptors (Lipinski definition) is 4. The van der Waals surface area contributed by atoms with Crippen LogP contribution in [0.1, 0.15) is 22.3 Å². The van der Waals surface area contributed by atoms with Gasteiger partial charge in [-0.05, 0) is 42.3 Å². The third kappa shape index (κ3) is 4.55. The fraction of sp³-hybridized carbons (Fsp3) is 0.222. The van der Waals surface area contributed by atoms with Crippen molar-refractivity contribution in [2.45, 2.75) is 12.8 Å². The van der Waals surface area contributed by atoms with Crippen molar-refractivity contribution in [2.24, 2.45) is 0 Å². The fourth-order valence-electron chi connectivity index (χ4n) is 2.14. The van der Waals surface area contributed by atoms with E-state index < -0.39 is 11.8 Å². The molecule has 2 aromatic carbocycles. The molecule has 126 valence electrons. The molecule has 0 atom stereocenters. The second kappa shape index (κ2) is 8.10. The molecule has 0 aliphatic rings. The molecular weight excluding hydrogens is 313 g/mol. The van der Waals surface area contributed by atoms with E-state index in [0.29, 0.717) is 12.1 Å². The number of carbonyl (C=O) groups excluding carboxylic acids is 2. The van der Waals surface area contributed by atoms with Crippen molar-refractivity contribution in [1.29, 1.82) is 0 Å². The summed E-state index contributed by atoms with van der Waals surface area (Å²) in [5, 5.41) is 2.64. The molecule has 0 fully saturated rings. The molecule has 2 rings (SSSR count). The van der Waals surface area contributed by atoms with Crippen LogP contribution < -0.4 is 10.1 Å². The van der Waals surface area contributed by atoms with Crippen molar-refractivity contribution in [2.75, 3.05) is 19.5 Å². The van der Waals surface area contributed by atoms with Gasteiger partial charge in [0.2, 0.25) is 5.91 Å². The maximum Gasteiger partial charge on any atom is 0.340 e. The lowest BCUT2D eigenvalue weighted by Gasteiger charge is -2.08. The molecule has 5 nitrogen and oxygen atoms in total. The lowest BCUT2D eigenvalue weighted by atomic mass is 10.1. The predicted molar refractivity (Wildman–Crippen MR) is 87.7 cm³/mol. The molecular formula is C18H18FNO4. The van der Waals surface area contributed by atoms with Crippen LogP contribution in [0.2, 0.25) is 0 Å². The van der Waals surface area contributed by atoms with E-state index in [1.165, 1.54) is 19.2 Å². The van der Waals surface area contributed by atoms with Crippen molar-refractivity contribution in [3.05, 3.63) is 59.4 Å². The first-order valence-electron chi connectivity index (χ1n) is 7.34. The number of anilines is 1. The second-order valence-corrected chi connectivity index (χ2v) is 5.08. The smallest absolute Gasteiger partial charge is 0.340 e. The first-order chi connectivity index (χ1) is 11.5. The molecule has 0 aromatic heterocycles. The standard InChI is InChI=1S/C18H18FNO4/c1-23-14-7-3-12(4-8-14)5-10-17(21)20-13-6-9-16(19)15(11-13)18(22)24-2/h3-4,6-9,11H,5,10H2,1-2H3,(H,20,21). The average molecular weight is 331 g/mol. The zero-order valence-corrected chi connectivity index (χ0v) is 13.5. The number of esters is 1. The number of ether oxygens (including phenoxy) is 2. The van der Waals surface area contributed by atoms with Crippen LogP contribution in [0.3, 0.4) is 0 Å². The van der Waals surface area contributed by atoms with Gasteiger partial charge in [-0.15, -0.1) is 0 Å². The number of aryl methyl sites for hydroxylation is 1. The van der Waals surface area contributed by atoms with E-state index in [1.807, 2.05) is 24.3 Å². The maximum atomic E-state index is 13.6. The molecule has 1 amide bonds. The molecule has 0 aliphatic heterocycles. The summed E-state index contributed by atoms with van der Waals surface area (Å²) in [5.41, 5.74) is 1.13. The molecule has 1 N–H and O–H groups in total. The average Bonchev–Trinajstić information content (AvgIpc) is 2.61. The Kier molecular flexibility index (Phi) is 5.89. The molecule has 0 saturated heterocycles. The number of hydrogen-bond donors (Lipinski definition) is 1. The monoisotopic (exact) mass is 331 g/mol. The van der Waals surface area contributed by atoms with Crippen LogP contribution in [0.25, 0.3) is 0 Å². The summed E-state index contributed by atoms with van der Waals surface area (Å²) in [7, 11) is 2.76. The minimum atomic E-state index is -0.790. The summed E-state index contributed by atoms with van der Waals surface area (Å²) in [6.45, 7) is 0. The summed E-state index contributed by atoms with van der Waals surface area (Å²) in [5.74, 6) is -0.960. The Labute approximate surface area is 139 Å². The lowest BCUT2D eigenvalue weighted by Crippen LogP contribution is -2.13. The second-order valence-electron chi connectivity index (χ2n) is 5.08. The van der Waals surface area contributed by atoms with E-state index in [4.69, 9.17) is 4.74 Å². The summed E-state index contributed by atoms with van der Waals surface area (Å²) in [6.07, 6.45) is 0.818. The van der Waals surface area contributed by atoms with Crippen molar-refractivity contribution >= 4 is 17.6 Å². The topological polar surface area (TPSA) is 64.6 Å². The SMILES string of the molecule is COC(=O)c1cc(NC(=O)CCc2ccc(OC)cc2)ccc1F. The summed E-state index contributed by atoms with van der Waals surface area (Å²) in [4.78, 5) is 23.4. The zero-order chi connectivity index (χ0) is 17.5. The van der Waals surface area contributed by atoms with E-state index in [9.17, 15) is 14.0 Å². The maximum absolute atomic E-state index is 13.6. The number of amides is 1. The van der Waals surface area contributed by atoms with Gasteiger partial charge in [0, 0.05) is 12.1 Å². The van der Waals surface area contributed by atoms with Crippen molar-refractivity contribution in [1.82, 2.24) is 0 Å². The molecule has 2 aromatic rings. The molecule has 0 unspecified atom stereocenters. The molecule has 6 heteroatoms. The van der Waals surface area contributed by atoms with Gasteiger partial charge in [-0.3, -0.25) is 4.79 Å². The summed E-state index contributed by atoms with van der Waals surface area (Å²) < 4.78 is 23.1. The van der Waals surface area contributed by atoms with Gasteiger partial charge in [0.25, 0.3) is 0 Å². The van der Waals surface area contributed by atoms with Gasteiger partial charge in [0.05, 0.1) is 19.8 Å². The minimum Gasteiger partial charge on any atom is -0.497 e. The Hall–Kier alpha value is -2.89. The van der Waals surface area contributed by atoms with Crippen LogP contribution in [-0.4, -0.2) is 26.1 Å². The number of methoxy groups -OCH3 is 2. The molecule has 0 radical (unpaired) electrons. The number of carbonyl (C=O) groups is 2. The number of halogens is 1. The quantitative estimate of drug-likeness (QED) is 0.826. The molecule has 0 saturated carbocycles. The zero-order valence-electron chi connectivity index (χ0n) is 13.5. The third-order valence-electron chi connectivity index (χ3n) is 3.46. The first-order valence-corrected chi connectivity index (χ1v) is 7.34. The molecule has 0 spiro atoms. The molecule has 0 bridgehead atoms. The van der Waals surface area contributed by atoms with E-state index in [1.54, 1.807) is 7.11 Å². The lowest BCUT2D eigenvalue weighted by molar-refractivity contribution is -0.116. The van der Waals surface area contributed by atoms with E-state index >= 15 is 0 Å². The van der Waals surface area contributed by atoms with Crippen LogP contribution in [0.15, 0.2) is 42.5 Å². The van der Waals surface area contributed by atoms with E-state index in [2.05, 4.69) is 10.1 Å². The Bertz CT molecular complexity index is 728. The number of benzene rings is 2. The highest BCUT2D eigenvalue weighted by Crippen LogP contribution is 2.17. The van der Waals surface area contributed by atoms with Crippen LogP contribution in [-0.2, 0) is 16.0 Å². The van der Waals surface area contributed by atoms with E-state index in [-0.39, 0.29) is 17.9 Å². The van der Waals surface area contributed by atoms with Gasteiger partial charge in [-0.2, -0.15) is 0 Å².